The molecule has 2 heterocycles. The van der Waals surface area contributed by atoms with Crippen LogP contribution in [0.4, 0.5) is 5.69 Å². The van der Waals surface area contributed by atoms with Crippen molar-refractivity contribution in [2.75, 3.05) is 45.2 Å². The Hall–Kier alpha value is -2.67. The van der Waals surface area contributed by atoms with E-state index in [0.29, 0.717) is 5.56 Å². The van der Waals surface area contributed by atoms with Gasteiger partial charge in [-0.2, -0.15) is 5.10 Å². The van der Waals surface area contributed by atoms with Crippen molar-refractivity contribution in [2.45, 2.75) is 6.92 Å². The lowest BCUT2D eigenvalue weighted by Gasteiger charge is -2.35. The van der Waals surface area contributed by atoms with Gasteiger partial charge in [-0.05, 0) is 26.1 Å². The van der Waals surface area contributed by atoms with Crippen LogP contribution < -0.4 is 15.6 Å². The van der Waals surface area contributed by atoms with Crippen molar-refractivity contribution in [3.8, 4) is 5.69 Å². The molecule has 0 radical (unpaired) electrons. The molecule has 1 amide bonds. The van der Waals surface area contributed by atoms with Crippen molar-refractivity contribution in [3.63, 3.8) is 0 Å². The van der Waals surface area contributed by atoms with Gasteiger partial charge in [0.2, 0.25) is 5.43 Å². The minimum absolute atomic E-state index is 0.0873. The second-order valence-corrected chi connectivity index (χ2v) is 6.29. The Morgan fingerprint density at radius 3 is 2.40 bits per heavy atom. The molecule has 1 fully saturated rings. The molecule has 1 saturated heterocycles. The van der Waals surface area contributed by atoms with E-state index in [2.05, 4.69) is 33.3 Å². The first-order valence-corrected chi connectivity index (χ1v) is 8.37. The predicted molar refractivity (Wildman–Crippen MR) is 97.7 cm³/mol. The molecule has 132 valence electrons. The van der Waals surface area contributed by atoms with Crippen molar-refractivity contribution in [3.05, 3.63) is 51.9 Å². The van der Waals surface area contributed by atoms with Crippen molar-refractivity contribution in [2.24, 2.45) is 0 Å². The van der Waals surface area contributed by atoms with Gasteiger partial charge in [-0.3, -0.25) is 9.59 Å². The van der Waals surface area contributed by atoms with Gasteiger partial charge in [-0.15, -0.1) is 0 Å². The van der Waals surface area contributed by atoms with E-state index in [9.17, 15) is 9.59 Å². The molecule has 1 N–H and O–H groups in total. The number of hydrogen-bond donors (Lipinski definition) is 1. The van der Waals surface area contributed by atoms with E-state index in [0.717, 1.165) is 37.6 Å². The van der Waals surface area contributed by atoms with Gasteiger partial charge in [0.15, 0.2) is 5.69 Å². The molecule has 7 nitrogen and oxygen atoms in total. The van der Waals surface area contributed by atoms with Gasteiger partial charge in [0.05, 0.1) is 11.4 Å². The number of aromatic nitrogens is 2. The van der Waals surface area contributed by atoms with E-state index < -0.39 is 5.91 Å². The van der Waals surface area contributed by atoms with E-state index in [4.69, 9.17) is 0 Å². The Morgan fingerprint density at radius 2 is 1.76 bits per heavy atom. The molecule has 1 aliphatic rings. The number of benzene rings is 1. The highest BCUT2D eigenvalue weighted by atomic mass is 16.2. The summed E-state index contributed by atoms with van der Waals surface area (Å²) in [6.07, 6.45) is 1.68. The number of anilines is 1. The molecule has 2 aromatic rings. The molecular weight excluding hydrogens is 318 g/mol. The van der Waals surface area contributed by atoms with Crippen LogP contribution >= 0.6 is 0 Å². The zero-order valence-electron chi connectivity index (χ0n) is 14.8. The summed E-state index contributed by atoms with van der Waals surface area (Å²) in [4.78, 5) is 28.8. The Bertz CT molecular complexity index is 838. The van der Waals surface area contributed by atoms with Crippen LogP contribution in [0.2, 0.25) is 0 Å². The van der Waals surface area contributed by atoms with Gasteiger partial charge in [-0.1, -0.05) is 12.1 Å². The maximum absolute atomic E-state index is 12.2. The number of nitrogens with one attached hydrogen (secondary N) is 1. The number of likely N-dealkylation sites (N-methyl/N-ethyl adjacent to an activating group) is 1. The molecule has 1 aliphatic heterocycles. The summed E-state index contributed by atoms with van der Waals surface area (Å²) < 4.78 is 1.63. The Kier molecular flexibility index (Phi) is 4.85. The zero-order valence-corrected chi connectivity index (χ0v) is 14.8. The average Bonchev–Trinajstić information content (AvgIpc) is 2.64. The van der Waals surface area contributed by atoms with Crippen LogP contribution in [0.25, 0.3) is 5.69 Å². The molecule has 0 aliphatic carbocycles. The molecule has 25 heavy (non-hydrogen) atoms. The summed E-state index contributed by atoms with van der Waals surface area (Å²) >= 11 is 0. The molecule has 1 aromatic heterocycles. The number of para-hydroxylation sites is 2. The molecule has 3 rings (SSSR count). The number of carbonyl (C=O) groups is 1. The smallest absolute Gasteiger partial charge is 0.275 e. The van der Waals surface area contributed by atoms with Crippen LogP contribution in [0.3, 0.4) is 0 Å². The second kappa shape index (κ2) is 7.06. The lowest BCUT2D eigenvalue weighted by Crippen LogP contribution is -2.44. The first kappa shape index (κ1) is 17.2. The number of amides is 1. The predicted octanol–water partition coefficient (Wildman–Crippen LogP) is 0.652. The third-order valence-electron chi connectivity index (χ3n) is 4.51. The quantitative estimate of drug-likeness (QED) is 0.888. The molecule has 0 spiro atoms. The van der Waals surface area contributed by atoms with Crippen LogP contribution in [-0.2, 0) is 0 Å². The number of carbonyl (C=O) groups excluding carboxylic acids is 1. The van der Waals surface area contributed by atoms with Gasteiger partial charge < -0.3 is 15.1 Å². The van der Waals surface area contributed by atoms with Crippen LogP contribution in [0.15, 0.2) is 35.3 Å². The summed E-state index contributed by atoms with van der Waals surface area (Å²) in [6, 6.07) is 7.93. The number of rotatable bonds is 3. The van der Waals surface area contributed by atoms with Gasteiger partial charge in [0.1, 0.15) is 0 Å². The van der Waals surface area contributed by atoms with Crippen molar-refractivity contribution >= 4 is 11.6 Å². The van der Waals surface area contributed by atoms with Gasteiger partial charge in [-0.25, -0.2) is 4.68 Å². The Balaban J connectivity index is 2.07. The maximum Gasteiger partial charge on any atom is 0.275 e. The topological polar surface area (TPSA) is 70.5 Å². The molecule has 0 atom stereocenters. The Labute approximate surface area is 146 Å². The lowest BCUT2D eigenvalue weighted by molar-refractivity contribution is 0.0955. The highest BCUT2D eigenvalue weighted by molar-refractivity contribution is 5.91. The SMILES string of the molecule is CNC(=O)c1nn(-c2ccccc2N2CCN(C)CC2)cc(C)c1=O. The summed E-state index contributed by atoms with van der Waals surface area (Å²) in [7, 11) is 3.61. The first-order valence-electron chi connectivity index (χ1n) is 8.37. The van der Waals surface area contributed by atoms with Gasteiger partial charge in [0.25, 0.3) is 5.91 Å². The maximum atomic E-state index is 12.2. The molecule has 1 aromatic carbocycles. The fourth-order valence-corrected chi connectivity index (χ4v) is 2.97. The fraction of sp³-hybridized carbons (Fsp3) is 0.389. The third-order valence-corrected chi connectivity index (χ3v) is 4.51. The van der Waals surface area contributed by atoms with Crippen LogP contribution in [0.5, 0.6) is 0 Å². The van der Waals surface area contributed by atoms with Gasteiger partial charge >= 0.3 is 0 Å². The average molecular weight is 341 g/mol. The van der Waals surface area contributed by atoms with Crippen LogP contribution in [-0.4, -0.2) is 60.9 Å². The largest absolute Gasteiger partial charge is 0.367 e. The zero-order chi connectivity index (χ0) is 18.0. The highest BCUT2D eigenvalue weighted by Crippen LogP contribution is 2.24. The Morgan fingerprint density at radius 1 is 1.12 bits per heavy atom. The second-order valence-electron chi connectivity index (χ2n) is 6.29. The molecule has 7 heteroatoms. The number of nitrogens with zero attached hydrogens (tertiary/aromatic N) is 4. The minimum atomic E-state index is -0.473. The van der Waals surface area contributed by atoms with Crippen LogP contribution in [0.1, 0.15) is 16.1 Å². The summed E-state index contributed by atoms with van der Waals surface area (Å²) in [5.41, 5.74) is 1.97. The molecular formula is C18H23N5O2. The molecule has 0 bridgehead atoms. The molecule has 0 saturated carbocycles. The van der Waals surface area contributed by atoms with Gasteiger partial charge in [0, 0.05) is 45.0 Å². The minimum Gasteiger partial charge on any atom is -0.367 e. The highest BCUT2D eigenvalue weighted by Gasteiger charge is 2.19. The van der Waals surface area contributed by atoms with E-state index in [1.54, 1.807) is 17.8 Å². The van der Waals surface area contributed by atoms with E-state index in [-0.39, 0.29) is 11.1 Å². The summed E-state index contributed by atoms with van der Waals surface area (Å²) in [5.74, 6) is -0.473. The van der Waals surface area contributed by atoms with Crippen molar-refractivity contribution < 1.29 is 4.79 Å². The number of aryl methyl sites for hydroxylation is 1. The van der Waals surface area contributed by atoms with E-state index in [1.807, 2.05) is 18.2 Å². The molecule has 0 unspecified atom stereocenters. The lowest BCUT2D eigenvalue weighted by atomic mass is 10.2. The van der Waals surface area contributed by atoms with Crippen molar-refractivity contribution in [1.29, 1.82) is 0 Å². The summed E-state index contributed by atoms with van der Waals surface area (Å²) in [6.45, 7) is 5.54. The standard InChI is InChI=1S/C18H23N5O2/c1-13-12-23(20-16(17(13)24)18(25)19-2)15-7-5-4-6-14(15)22-10-8-21(3)9-11-22/h4-7,12H,8-11H2,1-3H3,(H,19,25). The van der Waals surface area contributed by atoms with Crippen LogP contribution in [0, 0.1) is 6.92 Å². The first-order chi connectivity index (χ1) is 12.0. The van der Waals surface area contributed by atoms with E-state index >= 15 is 0 Å². The third kappa shape index (κ3) is 3.41. The summed E-state index contributed by atoms with van der Waals surface area (Å²) in [5, 5.41) is 6.78. The fourth-order valence-electron chi connectivity index (χ4n) is 2.97. The van der Waals surface area contributed by atoms with E-state index in [1.165, 1.54) is 7.05 Å². The monoisotopic (exact) mass is 341 g/mol. The van der Waals surface area contributed by atoms with Crippen molar-refractivity contribution in [1.82, 2.24) is 20.0 Å². The number of piperazine rings is 1. The number of hydrogen-bond acceptors (Lipinski definition) is 5. The normalized spacial score (nSPS) is 15.2.